The number of carbonyl (C=O) groups is 1. The Balaban J connectivity index is 1.78. The number of para-hydroxylation sites is 1. The number of rotatable bonds is 3. The van der Waals surface area contributed by atoms with Gasteiger partial charge in [-0.3, -0.25) is 4.79 Å². The molecule has 4 rings (SSSR count). The average molecular weight is 364 g/mol. The third kappa shape index (κ3) is 3.27. The largest absolute Gasteiger partial charge is 0.363 e. The van der Waals surface area contributed by atoms with Gasteiger partial charge in [-0.25, -0.2) is 4.98 Å². The predicted molar refractivity (Wildman–Crippen MR) is 105 cm³/mol. The molecule has 1 unspecified atom stereocenters. The number of carbonyl (C=O) groups excluding carboxylic acids is 1. The fourth-order valence-corrected chi connectivity index (χ4v) is 3.75. The molecule has 0 bridgehead atoms. The zero-order chi connectivity index (χ0) is 19.0. The van der Waals surface area contributed by atoms with Gasteiger partial charge in [0.2, 0.25) is 0 Å². The molecule has 2 aromatic heterocycles. The van der Waals surface area contributed by atoms with Crippen LogP contribution in [0, 0.1) is 6.92 Å². The molecule has 6 nitrogen and oxygen atoms in total. The Kier molecular flexibility index (Phi) is 4.56. The summed E-state index contributed by atoms with van der Waals surface area (Å²) >= 11 is 0. The lowest BCUT2D eigenvalue weighted by Gasteiger charge is -2.35. The fraction of sp³-hybridized carbons (Fsp3) is 0.381. The molecule has 1 amide bonds. The predicted octanol–water partition coefficient (Wildman–Crippen LogP) is 3.96. The molecule has 1 aliphatic rings. The highest BCUT2D eigenvalue weighted by Crippen LogP contribution is 2.33. The van der Waals surface area contributed by atoms with Gasteiger partial charge in [-0.2, -0.15) is 0 Å². The molecule has 0 N–H and O–H groups in total. The van der Waals surface area contributed by atoms with Gasteiger partial charge in [-0.15, -0.1) is 0 Å². The minimum atomic E-state index is -0.0431. The van der Waals surface area contributed by atoms with Gasteiger partial charge in [0.1, 0.15) is 17.3 Å². The summed E-state index contributed by atoms with van der Waals surface area (Å²) in [6, 6.07) is 11.6. The van der Waals surface area contributed by atoms with E-state index >= 15 is 0 Å². The maximum atomic E-state index is 13.6. The first-order valence-corrected chi connectivity index (χ1v) is 9.36. The molecule has 0 saturated carbocycles. The lowest BCUT2D eigenvalue weighted by molar-refractivity contribution is 0.0604. The van der Waals surface area contributed by atoms with Crippen LogP contribution in [0.3, 0.4) is 0 Å². The zero-order valence-electron chi connectivity index (χ0n) is 16.0. The Hall–Kier alpha value is -2.89. The van der Waals surface area contributed by atoms with Gasteiger partial charge < -0.3 is 14.3 Å². The van der Waals surface area contributed by atoms with Crippen LogP contribution >= 0.6 is 0 Å². The second-order valence-corrected chi connectivity index (χ2v) is 7.31. The van der Waals surface area contributed by atoms with E-state index in [2.05, 4.69) is 10.1 Å². The lowest BCUT2D eigenvalue weighted by Crippen LogP contribution is -2.38. The van der Waals surface area contributed by atoms with Gasteiger partial charge in [0.05, 0.1) is 17.1 Å². The number of likely N-dealkylation sites (tertiary alicyclic amines) is 1. The van der Waals surface area contributed by atoms with Gasteiger partial charge in [0.25, 0.3) is 5.91 Å². The van der Waals surface area contributed by atoms with Crippen LogP contribution in [-0.2, 0) is 0 Å². The van der Waals surface area contributed by atoms with Crippen LogP contribution in [0.1, 0.15) is 47.1 Å². The molecular weight excluding hydrogens is 340 g/mol. The number of aromatic nitrogens is 2. The van der Waals surface area contributed by atoms with Crippen molar-refractivity contribution >= 4 is 22.6 Å². The second kappa shape index (κ2) is 7.02. The smallest absolute Gasteiger partial charge is 0.255 e. The van der Waals surface area contributed by atoms with Crippen LogP contribution in [0.25, 0.3) is 10.9 Å². The SMILES string of the molecule is Cc1cc(C2CCCCN2C(=O)c2cc(N(C)C)nc3ccccc23)no1. The lowest BCUT2D eigenvalue weighted by atomic mass is 9.97. The molecule has 1 aromatic carbocycles. The van der Waals surface area contributed by atoms with Gasteiger partial charge >= 0.3 is 0 Å². The summed E-state index contributed by atoms with van der Waals surface area (Å²) in [6.45, 7) is 2.61. The number of amides is 1. The van der Waals surface area contributed by atoms with Crippen LogP contribution in [0.15, 0.2) is 40.9 Å². The number of piperidine rings is 1. The monoisotopic (exact) mass is 364 g/mol. The van der Waals surface area contributed by atoms with E-state index in [4.69, 9.17) is 4.52 Å². The third-order valence-electron chi connectivity index (χ3n) is 5.14. The summed E-state index contributed by atoms with van der Waals surface area (Å²) < 4.78 is 5.27. The molecule has 3 heterocycles. The number of hydrogen-bond acceptors (Lipinski definition) is 5. The first kappa shape index (κ1) is 17.5. The highest BCUT2D eigenvalue weighted by Gasteiger charge is 2.31. The van der Waals surface area contributed by atoms with E-state index < -0.39 is 0 Å². The first-order chi connectivity index (χ1) is 13.0. The van der Waals surface area contributed by atoms with E-state index in [0.29, 0.717) is 5.56 Å². The second-order valence-electron chi connectivity index (χ2n) is 7.31. The minimum Gasteiger partial charge on any atom is -0.363 e. The van der Waals surface area contributed by atoms with Crippen molar-refractivity contribution in [2.24, 2.45) is 0 Å². The van der Waals surface area contributed by atoms with Gasteiger partial charge in [-0.05, 0) is 38.3 Å². The van der Waals surface area contributed by atoms with Crippen molar-refractivity contribution in [1.29, 1.82) is 0 Å². The molecule has 0 spiro atoms. The van der Waals surface area contributed by atoms with Crippen molar-refractivity contribution in [2.75, 3.05) is 25.5 Å². The van der Waals surface area contributed by atoms with Crippen molar-refractivity contribution in [2.45, 2.75) is 32.2 Å². The molecule has 1 fully saturated rings. The van der Waals surface area contributed by atoms with E-state index in [0.717, 1.165) is 54.0 Å². The molecule has 27 heavy (non-hydrogen) atoms. The molecule has 1 atom stereocenters. The van der Waals surface area contributed by atoms with Crippen molar-refractivity contribution < 1.29 is 9.32 Å². The Morgan fingerprint density at radius 2 is 2.04 bits per heavy atom. The minimum absolute atomic E-state index is 0.0297. The van der Waals surface area contributed by atoms with Crippen molar-refractivity contribution in [3.63, 3.8) is 0 Å². The summed E-state index contributed by atoms with van der Waals surface area (Å²) in [6.07, 6.45) is 2.99. The van der Waals surface area contributed by atoms with E-state index in [1.165, 1.54) is 0 Å². The third-order valence-corrected chi connectivity index (χ3v) is 5.14. The van der Waals surface area contributed by atoms with E-state index in [9.17, 15) is 4.79 Å². The maximum absolute atomic E-state index is 13.6. The summed E-state index contributed by atoms with van der Waals surface area (Å²) in [5.74, 6) is 1.58. The summed E-state index contributed by atoms with van der Waals surface area (Å²) in [7, 11) is 3.88. The van der Waals surface area contributed by atoms with Crippen LogP contribution in [0.2, 0.25) is 0 Å². The standard InChI is InChI=1S/C21H24N4O2/c1-14-12-18(23-27-14)19-10-6-7-11-25(19)21(26)16-13-20(24(2)3)22-17-9-5-4-8-15(16)17/h4-5,8-9,12-13,19H,6-7,10-11H2,1-3H3. The molecular formula is C21H24N4O2. The summed E-state index contributed by atoms with van der Waals surface area (Å²) in [5.41, 5.74) is 2.36. The number of fused-ring (bicyclic) bond motifs is 1. The number of aryl methyl sites for hydroxylation is 1. The molecule has 0 radical (unpaired) electrons. The highest BCUT2D eigenvalue weighted by atomic mass is 16.5. The van der Waals surface area contributed by atoms with Crippen molar-refractivity contribution in [3.05, 3.63) is 53.4 Å². The van der Waals surface area contributed by atoms with Crippen molar-refractivity contribution in [1.82, 2.24) is 15.0 Å². The molecule has 140 valence electrons. The zero-order valence-corrected chi connectivity index (χ0v) is 16.0. The Morgan fingerprint density at radius 1 is 1.22 bits per heavy atom. The highest BCUT2D eigenvalue weighted by molar-refractivity contribution is 6.07. The molecule has 0 aliphatic carbocycles. The Bertz CT molecular complexity index is 979. The Labute approximate surface area is 158 Å². The first-order valence-electron chi connectivity index (χ1n) is 9.36. The molecule has 3 aromatic rings. The van der Waals surface area contributed by atoms with E-state index in [-0.39, 0.29) is 11.9 Å². The van der Waals surface area contributed by atoms with E-state index in [1.54, 1.807) is 0 Å². The van der Waals surface area contributed by atoms with E-state index in [1.807, 2.05) is 67.2 Å². The number of anilines is 1. The number of nitrogens with zero attached hydrogens (tertiary/aromatic N) is 4. The average Bonchev–Trinajstić information content (AvgIpc) is 3.12. The Morgan fingerprint density at radius 3 is 2.78 bits per heavy atom. The normalized spacial score (nSPS) is 17.3. The van der Waals surface area contributed by atoms with Crippen LogP contribution in [0.5, 0.6) is 0 Å². The summed E-state index contributed by atoms with van der Waals surface area (Å²) in [4.78, 5) is 22.1. The maximum Gasteiger partial charge on any atom is 0.255 e. The van der Waals surface area contributed by atoms with Gasteiger partial charge in [0.15, 0.2) is 0 Å². The number of pyridine rings is 1. The van der Waals surface area contributed by atoms with Gasteiger partial charge in [-0.1, -0.05) is 23.4 Å². The van der Waals surface area contributed by atoms with Crippen molar-refractivity contribution in [3.8, 4) is 0 Å². The van der Waals surface area contributed by atoms with Crippen LogP contribution in [-0.4, -0.2) is 41.6 Å². The fourth-order valence-electron chi connectivity index (χ4n) is 3.75. The molecule has 6 heteroatoms. The van der Waals surface area contributed by atoms with Crippen LogP contribution in [0.4, 0.5) is 5.82 Å². The number of hydrogen-bond donors (Lipinski definition) is 0. The topological polar surface area (TPSA) is 62.5 Å². The molecule has 1 saturated heterocycles. The quantitative estimate of drug-likeness (QED) is 0.704. The van der Waals surface area contributed by atoms with Crippen LogP contribution < -0.4 is 4.90 Å². The summed E-state index contributed by atoms with van der Waals surface area (Å²) in [5, 5.41) is 5.07. The molecule has 1 aliphatic heterocycles. The number of benzene rings is 1. The van der Waals surface area contributed by atoms with Gasteiger partial charge in [0, 0.05) is 32.1 Å².